The summed E-state index contributed by atoms with van der Waals surface area (Å²) in [5, 5.41) is 9.18. The van der Waals surface area contributed by atoms with Gasteiger partial charge in [0.15, 0.2) is 0 Å². The first-order valence-corrected chi connectivity index (χ1v) is 6.88. The molecule has 21 heavy (non-hydrogen) atoms. The van der Waals surface area contributed by atoms with Crippen molar-refractivity contribution < 1.29 is 19.4 Å². The SMILES string of the molecule is CN(CCOc1ccc(Cl)cc1)C(=O)C(N)CCC(=O)O. The number of carboxylic acids is 1. The molecular formula is C14H19ClN2O4. The van der Waals surface area contributed by atoms with E-state index in [1.165, 1.54) is 4.90 Å². The smallest absolute Gasteiger partial charge is 0.303 e. The topological polar surface area (TPSA) is 92.9 Å². The summed E-state index contributed by atoms with van der Waals surface area (Å²) in [6.07, 6.45) is -0.00142. The lowest BCUT2D eigenvalue weighted by Gasteiger charge is -2.21. The average molecular weight is 315 g/mol. The van der Waals surface area contributed by atoms with Crippen LogP contribution in [0.3, 0.4) is 0 Å². The summed E-state index contributed by atoms with van der Waals surface area (Å²) in [5.41, 5.74) is 5.66. The van der Waals surface area contributed by atoms with Gasteiger partial charge in [0.25, 0.3) is 0 Å². The molecule has 0 saturated carbocycles. The first-order chi connectivity index (χ1) is 9.90. The maximum Gasteiger partial charge on any atom is 0.303 e. The molecule has 116 valence electrons. The molecule has 0 fully saturated rings. The highest BCUT2D eigenvalue weighted by molar-refractivity contribution is 6.30. The standard InChI is InChI=1S/C14H19ClN2O4/c1-17(14(20)12(16)6-7-13(18)19)8-9-21-11-4-2-10(15)3-5-11/h2-5,12H,6-9,16H2,1H3,(H,18,19). The van der Waals surface area contributed by atoms with E-state index in [0.717, 1.165) is 0 Å². The number of benzene rings is 1. The van der Waals surface area contributed by atoms with Crippen molar-refractivity contribution in [3.63, 3.8) is 0 Å². The molecule has 6 nitrogen and oxygen atoms in total. The van der Waals surface area contributed by atoms with Crippen molar-refractivity contribution in [3.05, 3.63) is 29.3 Å². The Morgan fingerprint density at radius 3 is 2.57 bits per heavy atom. The summed E-state index contributed by atoms with van der Waals surface area (Å²) >= 11 is 5.76. The van der Waals surface area contributed by atoms with Crippen LogP contribution in [0.1, 0.15) is 12.8 Å². The number of nitrogens with two attached hydrogens (primary N) is 1. The monoisotopic (exact) mass is 314 g/mol. The summed E-state index contributed by atoms with van der Waals surface area (Å²) in [4.78, 5) is 23.7. The van der Waals surface area contributed by atoms with E-state index in [1.54, 1.807) is 31.3 Å². The van der Waals surface area contributed by atoms with Gasteiger partial charge in [0.2, 0.25) is 5.91 Å². The summed E-state index contributed by atoms with van der Waals surface area (Å²) in [7, 11) is 1.61. The van der Waals surface area contributed by atoms with Crippen LogP contribution in [0.15, 0.2) is 24.3 Å². The molecule has 1 aromatic carbocycles. The summed E-state index contributed by atoms with van der Waals surface area (Å²) < 4.78 is 5.47. The number of halogens is 1. The molecule has 7 heteroatoms. The van der Waals surface area contributed by atoms with Crippen LogP contribution >= 0.6 is 11.6 Å². The zero-order chi connectivity index (χ0) is 15.8. The Morgan fingerprint density at radius 2 is 2.00 bits per heavy atom. The fourth-order valence-electron chi connectivity index (χ4n) is 1.63. The van der Waals surface area contributed by atoms with Crippen LogP contribution in [-0.2, 0) is 9.59 Å². The lowest BCUT2D eigenvalue weighted by Crippen LogP contribution is -2.43. The van der Waals surface area contributed by atoms with Crippen molar-refractivity contribution in [3.8, 4) is 5.75 Å². The lowest BCUT2D eigenvalue weighted by molar-refractivity contribution is -0.137. The Morgan fingerprint density at radius 1 is 1.38 bits per heavy atom. The molecule has 0 bridgehead atoms. The predicted molar refractivity (Wildman–Crippen MR) is 79.4 cm³/mol. The number of likely N-dealkylation sites (N-methyl/N-ethyl adjacent to an activating group) is 1. The second kappa shape index (κ2) is 8.49. The van der Waals surface area contributed by atoms with Gasteiger partial charge in [-0.1, -0.05) is 11.6 Å². The molecule has 1 amide bonds. The molecule has 0 heterocycles. The van der Waals surface area contributed by atoms with Crippen molar-refractivity contribution in [1.82, 2.24) is 4.90 Å². The molecule has 1 rings (SSSR count). The third-order valence-electron chi connectivity index (χ3n) is 2.87. The molecule has 0 aliphatic rings. The van der Waals surface area contributed by atoms with Crippen molar-refractivity contribution in [2.45, 2.75) is 18.9 Å². The van der Waals surface area contributed by atoms with Gasteiger partial charge in [0.1, 0.15) is 12.4 Å². The normalized spacial score (nSPS) is 11.8. The molecule has 3 N–H and O–H groups in total. The van der Waals surface area contributed by atoms with E-state index in [2.05, 4.69) is 0 Å². The lowest BCUT2D eigenvalue weighted by atomic mass is 10.1. The number of carbonyl (C=O) groups is 2. The quantitative estimate of drug-likeness (QED) is 0.756. The van der Waals surface area contributed by atoms with Gasteiger partial charge >= 0.3 is 5.97 Å². The highest BCUT2D eigenvalue weighted by Crippen LogP contribution is 2.15. The van der Waals surface area contributed by atoms with Crippen LogP contribution < -0.4 is 10.5 Å². The maximum absolute atomic E-state index is 11.9. The fraction of sp³-hybridized carbons (Fsp3) is 0.429. The molecule has 1 unspecified atom stereocenters. The van der Waals surface area contributed by atoms with E-state index in [4.69, 9.17) is 27.2 Å². The molecule has 0 radical (unpaired) electrons. The Bertz CT molecular complexity index is 478. The second-order valence-corrected chi connectivity index (χ2v) is 5.04. The van der Waals surface area contributed by atoms with Gasteiger partial charge in [-0.2, -0.15) is 0 Å². The summed E-state index contributed by atoms with van der Waals surface area (Å²) in [6, 6.07) is 6.11. The van der Waals surface area contributed by atoms with Crippen LogP contribution in [0.4, 0.5) is 0 Å². The molecule has 1 aromatic rings. The zero-order valence-corrected chi connectivity index (χ0v) is 12.5. The molecule has 0 spiro atoms. The number of ether oxygens (including phenoxy) is 1. The first kappa shape index (κ1) is 17.3. The Labute approximate surface area is 128 Å². The van der Waals surface area contributed by atoms with Gasteiger partial charge in [0, 0.05) is 18.5 Å². The largest absolute Gasteiger partial charge is 0.492 e. The van der Waals surface area contributed by atoms with Gasteiger partial charge in [-0.15, -0.1) is 0 Å². The minimum absolute atomic E-state index is 0.122. The van der Waals surface area contributed by atoms with Crippen LogP contribution in [-0.4, -0.2) is 48.1 Å². The van der Waals surface area contributed by atoms with E-state index in [0.29, 0.717) is 23.9 Å². The molecule has 1 atom stereocenters. The number of carbonyl (C=O) groups excluding carboxylic acids is 1. The van der Waals surface area contributed by atoms with E-state index in [-0.39, 0.29) is 18.7 Å². The van der Waals surface area contributed by atoms with Crippen LogP contribution in [0, 0.1) is 0 Å². The molecule has 0 aliphatic heterocycles. The number of nitrogens with zero attached hydrogens (tertiary/aromatic N) is 1. The summed E-state index contributed by atoms with van der Waals surface area (Å²) in [6.45, 7) is 0.678. The Balaban J connectivity index is 2.32. The second-order valence-electron chi connectivity index (χ2n) is 4.60. The third kappa shape index (κ3) is 6.46. The minimum Gasteiger partial charge on any atom is -0.492 e. The Kier molecular flexibility index (Phi) is 6.98. The van der Waals surface area contributed by atoms with Crippen LogP contribution in [0.5, 0.6) is 5.75 Å². The van der Waals surface area contributed by atoms with E-state index >= 15 is 0 Å². The van der Waals surface area contributed by atoms with Gasteiger partial charge in [-0.05, 0) is 30.7 Å². The molecule has 0 aromatic heterocycles. The number of rotatable bonds is 8. The predicted octanol–water partition coefficient (Wildman–Crippen LogP) is 1.37. The first-order valence-electron chi connectivity index (χ1n) is 6.51. The van der Waals surface area contributed by atoms with E-state index in [9.17, 15) is 9.59 Å². The zero-order valence-electron chi connectivity index (χ0n) is 11.8. The van der Waals surface area contributed by atoms with E-state index < -0.39 is 12.0 Å². The number of amides is 1. The summed E-state index contributed by atoms with van der Waals surface area (Å²) in [5.74, 6) is -0.599. The van der Waals surface area contributed by atoms with Gasteiger partial charge < -0.3 is 20.5 Å². The van der Waals surface area contributed by atoms with Crippen molar-refractivity contribution >= 4 is 23.5 Å². The van der Waals surface area contributed by atoms with Crippen molar-refractivity contribution in [2.24, 2.45) is 5.73 Å². The Hall–Kier alpha value is -1.79. The van der Waals surface area contributed by atoms with Crippen LogP contribution in [0.25, 0.3) is 0 Å². The average Bonchev–Trinajstić information content (AvgIpc) is 2.45. The highest BCUT2D eigenvalue weighted by Gasteiger charge is 2.18. The van der Waals surface area contributed by atoms with E-state index in [1.807, 2.05) is 0 Å². The van der Waals surface area contributed by atoms with Gasteiger partial charge in [-0.3, -0.25) is 9.59 Å². The number of hydrogen-bond donors (Lipinski definition) is 2. The number of carboxylic acid groups (broad SMARTS) is 1. The molecular weight excluding hydrogens is 296 g/mol. The van der Waals surface area contributed by atoms with Gasteiger partial charge in [0.05, 0.1) is 12.6 Å². The number of hydrogen-bond acceptors (Lipinski definition) is 4. The fourth-order valence-corrected chi connectivity index (χ4v) is 1.75. The minimum atomic E-state index is -0.966. The van der Waals surface area contributed by atoms with Crippen molar-refractivity contribution in [1.29, 1.82) is 0 Å². The van der Waals surface area contributed by atoms with Crippen molar-refractivity contribution in [2.75, 3.05) is 20.2 Å². The molecule has 0 saturated heterocycles. The number of aliphatic carboxylic acids is 1. The third-order valence-corrected chi connectivity index (χ3v) is 3.12. The highest BCUT2D eigenvalue weighted by atomic mass is 35.5. The van der Waals surface area contributed by atoms with Gasteiger partial charge in [-0.25, -0.2) is 0 Å². The van der Waals surface area contributed by atoms with Crippen LogP contribution in [0.2, 0.25) is 5.02 Å². The molecule has 0 aliphatic carbocycles. The maximum atomic E-state index is 11.9.